The van der Waals surface area contributed by atoms with E-state index >= 15 is 0 Å². The van der Waals surface area contributed by atoms with Gasteiger partial charge in [-0.05, 0) is 25.5 Å². The number of nitrogens with one attached hydrogen (secondary N) is 1. The quantitative estimate of drug-likeness (QED) is 0.802. The molecule has 2 heterocycles. The molecule has 0 aliphatic heterocycles. The first-order valence-electron chi connectivity index (χ1n) is 4.95. The molecule has 0 spiro atoms. The molecule has 0 saturated heterocycles. The molecule has 0 bridgehead atoms. The lowest BCUT2D eigenvalue weighted by Crippen LogP contribution is -2.17. The van der Waals surface area contributed by atoms with Crippen molar-refractivity contribution in [1.29, 1.82) is 0 Å². The van der Waals surface area contributed by atoms with Gasteiger partial charge in [-0.1, -0.05) is 6.92 Å². The van der Waals surface area contributed by atoms with Crippen LogP contribution in [0.1, 0.15) is 18.2 Å². The summed E-state index contributed by atoms with van der Waals surface area (Å²) in [7, 11) is 0. The summed E-state index contributed by atoms with van der Waals surface area (Å²) in [6, 6.07) is 3.66. The average molecular weight is 203 g/mol. The molecular formula is C11H13N3O. The second-order valence-electron chi connectivity index (χ2n) is 3.42. The molecule has 0 aliphatic rings. The molecule has 4 heteroatoms. The van der Waals surface area contributed by atoms with Crippen LogP contribution in [-0.2, 0) is 6.42 Å². The predicted molar refractivity (Wildman–Crippen MR) is 58.3 cm³/mol. The van der Waals surface area contributed by atoms with Crippen LogP contribution in [0.5, 0.6) is 0 Å². The third-order valence-electron chi connectivity index (χ3n) is 2.45. The van der Waals surface area contributed by atoms with Crippen molar-refractivity contribution in [3.63, 3.8) is 0 Å². The molecule has 78 valence electrons. The van der Waals surface area contributed by atoms with E-state index in [4.69, 9.17) is 0 Å². The summed E-state index contributed by atoms with van der Waals surface area (Å²) in [5, 5.41) is 3.04. The largest absolute Gasteiger partial charge is 0.295 e. The van der Waals surface area contributed by atoms with Gasteiger partial charge in [0.05, 0.1) is 11.9 Å². The second-order valence-corrected chi connectivity index (χ2v) is 3.42. The summed E-state index contributed by atoms with van der Waals surface area (Å²) >= 11 is 0. The van der Waals surface area contributed by atoms with Gasteiger partial charge in [0, 0.05) is 17.5 Å². The molecule has 4 nitrogen and oxygen atoms in total. The van der Waals surface area contributed by atoms with Gasteiger partial charge in [0.1, 0.15) is 0 Å². The number of aromatic nitrogens is 3. The van der Waals surface area contributed by atoms with Gasteiger partial charge in [0.2, 0.25) is 0 Å². The van der Waals surface area contributed by atoms with Gasteiger partial charge in [-0.15, -0.1) is 0 Å². The maximum absolute atomic E-state index is 11.9. The maximum atomic E-state index is 11.9. The Morgan fingerprint density at radius 3 is 2.87 bits per heavy atom. The molecule has 2 aromatic heterocycles. The fourth-order valence-corrected chi connectivity index (χ4v) is 1.67. The lowest BCUT2D eigenvalue weighted by Gasteiger charge is -1.98. The lowest BCUT2D eigenvalue weighted by molar-refractivity contribution is 0.829. The van der Waals surface area contributed by atoms with Crippen molar-refractivity contribution in [2.75, 3.05) is 0 Å². The summed E-state index contributed by atoms with van der Waals surface area (Å²) < 4.78 is 1.53. The third-order valence-corrected chi connectivity index (χ3v) is 2.45. The Morgan fingerprint density at radius 1 is 1.53 bits per heavy atom. The van der Waals surface area contributed by atoms with Crippen molar-refractivity contribution in [2.45, 2.75) is 20.3 Å². The highest BCUT2D eigenvalue weighted by atomic mass is 16.1. The van der Waals surface area contributed by atoms with Crippen LogP contribution < -0.4 is 5.56 Å². The molecule has 2 rings (SSSR count). The van der Waals surface area contributed by atoms with Crippen molar-refractivity contribution in [3.05, 3.63) is 46.1 Å². The zero-order valence-corrected chi connectivity index (χ0v) is 8.82. The Kier molecular flexibility index (Phi) is 2.41. The van der Waals surface area contributed by atoms with Gasteiger partial charge >= 0.3 is 0 Å². The van der Waals surface area contributed by atoms with E-state index in [1.807, 2.05) is 26.0 Å². The van der Waals surface area contributed by atoms with Crippen LogP contribution in [0, 0.1) is 6.92 Å². The minimum absolute atomic E-state index is 0.0167. The van der Waals surface area contributed by atoms with Crippen LogP contribution >= 0.6 is 0 Å². The topological polar surface area (TPSA) is 50.7 Å². The summed E-state index contributed by atoms with van der Waals surface area (Å²) in [5.41, 5.74) is 2.54. The van der Waals surface area contributed by atoms with Gasteiger partial charge in [0.15, 0.2) is 0 Å². The van der Waals surface area contributed by atoms with E-state index in [1.165, 1.54) is 4.68 Å². The van der Waals surface area contributed by atoms with E-state index in [9.17, 15) is 4.79 Å². The number of aromatic amines is 1. The molecule has 15 heavy (non-hydrogen) atoms. The van der Waals surface area contributed by atoms with Gasteiger partial charge < -0.3 is 0 Å². The van der Waals surface area contributed by atoms with Gasteiger partial charge in [-0.2, -0.15) is 0 Å². The van der Waals surface area contributed by atoms with Crippen molar-refractivity contribution < 1.29 is 0 Å². The Bertz CT molecular complexity index is 510. The number of pyridine rings is 1. The molecule has 0 amide bonds. The first kappa shape index (κ1) is 9.71. The number of aryl methyl sites for hydroxylation is 1. The van der Waals surface area contributed by atoms with Crippen LogP contribution in [0.3, 0.4) is 0 Å². The van der Waals surface area contributed by atoms with Crippen molar-refractivity contribution >= 4 is 0 Å². The van der Waals surface area contributed by atoms with Crippen LogP contribution in [-0.4, -0.2) is 14.8 Å². The SMILES string of the molecule is CCc1c(C)[nH]n(-c2cccnc2)c1=O. The van der Waals surface area contributed by atoms with Gasteiger partial charge in [0.25, 0.3) is 5.56 Å². The smallest absolute Gasteiger partial charge is 0.274 e. The van der Waals surface area contributed by atoms with Crippen molar-refractivity contribution in [2.24, 2.45) is 0 Å². The number of hydrogen-bond acceptors (Lipinski definition) is 2. The highest BCUT2D eigenvalue weighted by molar-refractivity contribution is 5.29. The van der Waals surface area contributed by atoms with Crippen molar-refractivity contribution in [1.82, 2.24) is 14.8 Å². The zero-order valence-electron chi connectivity index (χ0n) is 8.82. The van der Waals surface area contributed by atoms with E-state index in [-0.39, 0.29) is 5.56 Å². The van der Waals surface area contributed by atoms with E-state index in [2.05, 4.69) is 10.1 Å². The maximum Gasteiger partial charge on any atom is 0.274 e. The van der Waals surface area contributed by atoms with Crippen LogP contribution in [0.2, 0.25) is 0 Å². The first-order chi connectivity index (χ1) is 7.24. The average Bonchev–Trinajstić information content (AvgIpc) is 2.55. The Hall–Kier alpha value is -1.84. The highest BCUT2D eigenvalue weighted by Gasteiger charge is 2.09. The molecule has 0 aliphatic carbocycles. The molecule has 0 aromatic carbocycles. The Labute approximate surface area is 87.6 Å². The van der Waals surface area contributed by atoms with Crippen molar-refractivity contribution in [3.8, 4) is 5.69 Å². The minimum atomic E-state index is 0.0167. The number of H-pyrrole nitrogens is 1. The van der Waals surface area contributed by atoms with Gasteiger partial charge in [-0.3, -0.25) is 14.9 Å². The standard InChI is InChI=1S/C11H13N3O/c1-3-10-8(2)13-14(11(10)15)9-5-4-6-12-7-9/h4-7,13H,3H2,1-2H3. The van der Waals surface area contributed by atoms with E-state index in [1.54, 1.807) is 12.4 Å². The molecule has 0 radical (unpaired) electrons. The molecule has 1 N–H and O–H groups in total. The second kappa shape index (κ2) is 3.73. The summed E-state index contributed by atoms with van der Waals surface area (Å²) in [6.07, 6.45) is 4.09. The van der Waals surface area contributed by atoms with Crippen LogP contribution in [0.4, 0.5) is 0 Å². The Morgan fingerprint density at radius 2 is 2.33 bits per heavy atom. The molecule has 2 aromatic rings. The number of rotatable bonds is 2. The fraction of sp³-hybridized carbons (Fsp3) is 0.273. The Balaban J connectivity index is 2.61. The monoisotopic (exact) mass is 203 g/mol. The zero-order chi connectivity index (χ0) is 10.8. The third kappa shape index (κ3) is 1.58. The molecule has 0 saturated carbocycles. The van der Waals surface area contributed by atoms with Crippen LogP contribution in [0.15, 0.2) is 29.3 Å². The van der Waals surface area contributed by atoms with E-state index in [0.717, 1.165) is 23.4 Å². The number of hydrogen-bond donors (Lipinski definition) is 1. The molecule has 0 atom stereocenters. The van der Waals surface area contributed by atoms with Crippen LogP contribution in [0.25, 0.3) is 5.69 Å². The van der Waals surface area contributed by atoms with E-state index < -0.39 is 0 Å². The summed E-state index contributed by atoms with van der Waals surface area (Å²) in [4.78, 5) is 15.9. The number of nitrogens with zero attached hydrogens (tertiary/aromatic N) is 2. The van der Waals surface area contributed by atoms with Gasteiger partial charge in [-0.25, -0.2) is 4.68 Å². The predicted octanol–water partition coefficient (Wildman–Crippen LogP) is 1.43. The lowest BCUT2D eigenvalue weighted by atomic mass is 10.2. The molecular weight excluding hydrogens is 190 g/mol. The minimum Gasteiger partial charge on any atom is -0.295 e. The fourth-order valence-electron chi connectivity index (χ4n) is 1.67. The van der Waals surface area contributed by atoms with E-state index in [0.29, 0.717) is 0 Å². The summed E-state index contributed by atoms with van der Waals surface area (Å²) in [5.74, 6) is 0. The first-order valence-corrected chi connectivity index (χ1v) is 4.95. The summed E-state index contributed by atoms with van der Waals surface area (Å²) in [6.45, 7) is 3.89. The normalized spacial score (nSPS) is 10.5. The highest BCUT2D eigenvalue weighted by Crippen LogP contribution is 2.05. The molecule has 0 unspecified atom stereocenters. The molecule has 0 fully saturated rings.